The van der Waals surface area contributed by atoms with Gasteiger partial charge in [0.05, 0.1) is 6.04 Å². The minimum atomic E-state index is -0.0348. The van der Waals surface area contributed by atoms with E-state index in [2.05, 4.69) is 29.0 Å². The van der Waals surface area contributed by atoms with Crippen molar-refractivity contribution in [3.8, 4) is 0 Å². The Morgan fingerprint density at radius 3 is 2.59 bits per heavy atom. The van der Waals surface area contributed by atoms with Crippen molar-refractivity contribution in [2.75, 3.05) is 33.7 Å². The second-order valence-electron chi connectivity index (χ2n) is 6.56. The molecule has 4 nitrogen and oxygen atoms in total. The first kappa shape index (κ1) is 12.8. The highest BCUT2D eigenvalue weighted by Gasteiger charge is 2.41. The van der Waals surface area contributed by atoms with Crippen molar-refractivity contribution in [2.45, 2.75) is 38.8 Å². The summed E-state index contributed by atoms with van der Waals surface area (Å²) in [6.45, 7) is 7.08. The van der Waals surface area contributed by atoms with Crippen LogP contribution in [0.15, 0.2) is 0 Å². The topological polar surface area (TPSA) is 35.6 Å². The van der Waals surface area contributed by atoms with E-state index in [9.17, 15) is 4.79 Å². The molecule has 1 aliphatic carbocycles. The summed E-state index contributed by atoms with van der Waals surface area (Å²) in [4.78, 5) is 16.7. The lowest BCUT2D eigenvalue weighted by molar-refractivity contribution is -0.134. The van der Waals surface area contributed by atoms with Crippen LogP contribution in [0.2, 0.25) is 0 Å². The molecule has 1 unspecified atom stereocenters. The Morgan fingerprint density at radius 2 is 2.06 bits per heavy atom. The van der Waals surface area contributed by atoms with Crippen molar-refractivity contribution in [2.24, 2.45) is 5.41 Å². The van der Waals surface area contributed by atoms with Crippen LogP contribution in [0.5, 0.6) is 0 Å². The molecule has 1 atom stereocenters. The first-order chi connectivity index (χ1) is 7.89. The molecule has 1 saturated carbocycles. The molecule has 98 valence electrons. The van der Waals surface area contributed by atoms with Crippen LogP contribution in [0.3, 0.4) is 0 Å². The first-order valence-corrected chi connectivity index (χ1v) is 6.58. The van der Waals surface area contributed by atoms with Gasteiger partial charge in [0.2, 0.25) is 5.91 Å². The summed E-state index contributed by atoms with van der Waals surface area (Å²) >= 11 is 0. The van der Waals surface area contributed by atoms with Gasteiger partial charge in [0.1, 0.15) is 0 Å². The Balaban J connectivity index is 2.11. The van der Waals surface area contributed by atoms with Crippen molar-refractivity contribution in [1.82, 2.24) is 15.1 Å². The summed E-state index contributed by atoms with van der Waals surface area (Å²) in [5.41, 5.74) is 0.180. The van der Waals surface area contributed by atoms with Crippen LogP contribution in [-0.2, 0) is 4.79 Å². The molecule has 0 bridgehead atoms. The van der Waals surface area contributed by atoms with E-state index in [4.69, 9.17) is 0 Å². The SMILES string of the molecule is CN(C)CC1NCC(C)(C)CN(C2CC2)C1=O. The fraction of sp³-hybridized carbons (Fsp3) is 0.923. The average molecular weight is 239 g/mol. The van der Waals surface area contributed by atoms with Gasteiger partial charge in [0.15, 0.2) is 0 Å². The highest BCUT2D eigenvalue weighted by Crippen LogP contribution is 2.32. The quantitative estimate of drug-likeness (QED) is 0.781. The monoisotopic (exact) mass is 239 g/mol. The molecule has 17 heavy (non-hydrogen) atoms. The molecule has 2 aliphatic rings. The molecule has 1 heterocycles. The Kier molecular flexibility index (Phi) is 3.46. The largest absolute Gasteiger partial charge is 0.338 e. The molecule has 1 N–H and O–H groups in total. The molecule has 1 saturated heterocycles. The highest BCUT2D eigenvalue weighted by molar-refractivity contribution is 5.83. The van der Waals surface area contributed by atoms with Crippen LogP contribution in [0, 0.1) is 5.41 Å². The van der Waals surface area contributed by atoms with Gasteiger partial charge in [-0.05, 0) is 32.4 Å². The van der Waals surface area contributed by atoms with E-state index < -0.39 is 0 Å². The summed E-state index contributed by atoms with van der Waals surface area (Å²) in [7, 11) is 4.04. The van der Waals surface area contributed by atoms with Gasteiger partial charge in [0, 0.05) is 25.7 Å². The molecular weight excluding hydrogens is 214 g/mol. The van der Waals surface area contributed by atoms with E-state index in [0.29, 0.717) is 11.9 Å². The predicted octanol–water partition coefficient (Wildman–Crippen LogP) is 0.537. The molecule has 1 amide bonds. The van der Waals surface area contributed by atoms with Gasteiger partial charge in [0.25, 0.3) is 0 Å². The Labute approximate surface area is 104 Å². The second kappa shape index (κ2) is 4.58. The van der Waals surface area contributed by atoms with Gasteiger partial charge in [-0.2, -0.15) is 0 Å². The maximum atomic E-state index is 12.5. The number of hydrogen-bond acceptors (Lipinski definition) is 3. The summed E-state index contributed by atoms with van der Waals surface area (Å²) in [5.74, 6) is 0.298. The Morgan fingerprint density at radius 1 is 1.41 bits per heavy atom. The average Bonchev–Trinajstić information content (AvgIpc) is 3.02. The third-order valence-electron chi connectivity index (χ3n) is 3.54. The van der Waals surface area contributed by atoms with E-state index in [1.807, 2.05) is 14.1 Å². The van der Waals surface area contributed by atoms with E-state index in [-0.39, 0.29) is 11.5 Å². The van der Waals surface area contributed by atoms with Crippen molar-refractivity contribution in [3.63, 3.8) is 0 Å². The molecule has 2 fully saturated rings. The summed E-state index contributed by atoms with van der Waals surface area (Å²) in [6, 6.07) is 0.485. The number of likely N-dealkylation sites (N-methyl/N-ethyl adjacent to an activating group) is 1. The molecule has 2 rings (SSSR count). The minimum absolute atomic E-state index is 0.0348. The van der Waals surface area contributed by atoms with Gasteiger partial charge < -0.3 is 15.1 Å². The summed E-state index contributed by atoms with van der Waals surface area (Å²) in [6.07, 6.45) is 2.38. The molecule has 0 radical (unpaired) electrons. The lowest BCUT2D eigenvalue weighted by atomic mass is 9.93. The second-order valence-corrected chi connectivity index (χ2v) is 6.56. The van der Waals surface area contributed by atoms with E-state index in [0.717, 1.165) is 19.6 Å². The first-order valence-electron chi connectivity index (χ1n) is 6.58. The van der Waals surface area contributed by atoms with Crippen LogP contribution >= 0.6 is 0 Å². The van der Waals surface area contributed by atoms with Gasteiger partial charge in [-0.3, -0.25) is 4.79 Å². The third kappa shape index (κ3) is 3.19. The van der Waals surface area contributed by atoms with Crippen LogP contribution in [0.25, 0.3) is 0 Å². The number of hydrogen-bond donors (Lipinski definition) is 1. The van der Waals surface area contributed by atoms with Crippen molar-refractivity contribution >= 4 is 5.91 Å². The molecule has 4 heteroatoms. The van der Waals surface area contributed by atoms with Crippen molar-refractivity contribution < 1.29 is 4.79 Å². The van der Waals surface area contributed by atoms with Crippen LogP contribution < -0.4 is 5.32 Å². The van der Waals surface area contributed by atoms with Crippen LogP contribution in [-0.4, -0.2) is 61.5 Å². The minimum Gasteiger partial charge on any atom is -0.338 e. The zero-order chi connectivity index (χ0) is 12.6. The lowest BCUT2D eigenvalue weighted by Gasteiger charge is -2.29. The van der Waals surface area contributed by atoms with E-state index in [1.54, 1.807) is 0 Å². The molecule has 0 aromatic rings. The fourth-order valence-corrected chi connectivity index (χ4v) is 2.48. The van der Waals surface area contributed by atoms with Crippen LogP contribution in [0.4, 0.5) is 0 Å². The van der Waals surface area contributed by atoms with Gasteiger partial charge in [-0.1, -0.05) is 13.8 Å². The predicted molar refractivity (Wildman–Crippen MR) is 68.9 cm³/mol. The highest BCUT2D eigenvalue weighted by atomic mass is 16.2. The maximum Gasteiger partial charge on any atom is 0.241 e. The van der Waals surface area contributed by atoms with E-state index in [1.165, 1.54) is 12.8 Å². The number of carbonyl (C=O) groups is 1. The Bertz CT molecular complexity index is 297. The van der Waals surface area contributed by atoms with Crippen molar-refractivity contribution in [3.05, 3.63) is 0 Å². The standard InChI is InChI=1S/C13H25N3O/c1-13(2)8-14-11(7-15(3)4)12(17)16(9-13)10-5-6-10/h10-11,14H,5-9H2,1-4H3. The zero-order valence-corrected chi connectivity index (χ0v) is 11.5. The number of rotatable bonds is 3. The molecule has 1 aliphatic heterocycles. The van der Waals surface area contributed by atoms with Gasteiger partial charge in [-0.15, -0.1) is 0 Å². The number of nitrogens with one attached hydrogen (secondary N) is 1. The lowest BCUT2D eigenvalue weighted by Crippen LogP contribution is -2.49. The normalized spacial score (nSPS) is 29.6. The smallest absolute Gasteiger partial charge is 0.241 e. The summed E-state index contributed by atoms with van der Waals surface area (Å²) in [5, 5.41) is 3.43. The van der Waals surface area contributed by atoms with Gasteiger partial charge >= 0.3 is 0 Å². The van der Waals surface area contributed by atoms with Crippen molar-refractivity contribution in [1.29, 1.82) is 0 Å². The van der Waals surface area contributed by atoms with Crippen LogP contribution in [0.1, 0.15) is 26.7 Å². The molecule has 0 aromatic carbocycles. The molecule has 0 aromatic heterocycles. The molecular formula is C13H25N3O. The van der Waals surface area contributed by atoms with E-state index >= 15 is 0 Å². The number of nitrogens with zero attached hydrogens (tertiary/aromatic N) is 2. The number of amides is 1. The maximum absolute atomic E-state index is 12.5. The number of carbonyl (C=O) groups excluding carboxylic acids is 1. The Hall–Kier alpha value is -0.610. The zero-order valence-electron chi connectivity index (χ0n) is 11.5. The van der Waals surface area contributed by atoms with Gasteiger partial charge in [-0.25, -0.2) is 0 Å². The fourth-order valence-electron chi connectivity index (χ4n) is 2.48. The third-order valence-corrected chi connectivity index (χ3v) is 3.54. The molecule has 0 spiro atoms. The summed E-state index contributed by atoms with van der Waals surface area (Å²) < 4.78 is 0.